The van der Waals surface area contributed by atoms with E-state index in [1.807, 2.05) is 30.3 Å². The predicted molar refractivity (Wildman–Crippen MR) is 75.7 cm³/mol. The lowest BCUT2D eigenvalue weighted by Gasteiger charge is -2.17. The summed E-state index contributed by atoms with van der Waals surface area (Å²) in [6.07, 6.45) is 0. The van der Waals surface area contributed by atoms with Gasteiger partial charge in [0.25, 0.3) is 0 Å². The monoisotopic (exact) mass is 281 g/mol. The third kappa shape index (κ3) is 3.80. The minimum Gasteiger partial charge on any atom is -0.429 e. The van der Waals surface area contributed by atoms with Crippen molar-refractivity contribution in [3.63, 3.8) is 0 Å². The molecule has 1 unspecified atom stereocenters. The van der Waals surface area contributed by atoms with Crippen molar-refractivity contribution in [1.82, 2.24) is 0 Å². The average Bonchev–Trinajstić information content (AvgIpc) is 2.32. The highest BCUT2D eigenvalue weighted by atomic mass is 35.5. The van der Waals surface area contributed by atoms with Crippen LogP contribution in [0.3, 0.4) is 0 Å². The summed E-state index contributed by atoms with van der Waals surface area (Å²) < 4.78 is 17.7. The fraction of sp³-hybridized carbons (Fsp3) is 0.0769. The van der Waals surface area contributed by atoms with Crippen LogP contribution in [0.4, 0.5) is 5.69 Å². The number of para-hydroxylation sites is 1. The number of benzene rings is 2. The maximum Gasteiger partial charge on any atom is 0.338 e. The molecular weight excluding hydrogens is 269 g/mol. The molecule has 18 heavy (non-hydrogen) atoms. The molecule has 0 saturated heterocycles. The normalized spacial score (nSPS) is 13.7. The lowest BCUT2D eigenvalue weighted by Crippen LogP contribution is -2.01. The van der Waals surface area contributed by atoms with Gasteiger partial charge in [0.1, 0.15) is 5.75 Å². The molecule has 5 heteroatoms. The minimum absolute atomic E-state index is 0.522. The molecule has 2 aromatic carbocycles. The molecule has 0 aliphatic heterocycles. The molecule has 0 aromatic heterocycles. The Morgan fingerprint density at radius 2 is 1.67 bits per heavy atom. The molecule has 2 rings (SSSR count). The van der Waals surface area contributed by atoms with Crippen LogP contribution in [0, 0.1) is 0 Å². The summed E-state index contributed by atoms with van der Waals surface area (Å²) in [5, 5.41) is 3.50. The van der Waals surface area contributed by atoms with Crippen molar-refractivity contribution >= 4 is 24.8 Å². The first-order chi connectivity index (χ1) is 8.55. The molecule has 0 bridgehead atoms. The second-order valence-corrected chi connectivity index (χ2v) is 6.40. The maximum absolute atomic E-state index is 12.3. The number of hydrogen-bond acceptors (Lipinski definition) is 2. The van der Waals surface area contributed by atoms with Crippen molar-refractivity contribution < 1.29 is 9.09 Å². The van der Waals surface area contributed by atoms with Gasteiger partial charge in [-0.1, -0.05) is 29.8 Å². The number of hydrogen-bond donors (Lipinski definition) is 1. The van der Waals surface area contributed by atoms with Gasteiger partial charge in [-0.25, -0.2) is 0 Å². The van der Waals surface area contributed by atoms with Gasteiger partial charge in [-0.3, -0.25) is 4.57 Å². The van der Waals surface area contributed by atoms with E-state index < -0.39 is 7.52 Å². The summed E-state index contributed by atoms with van der Waals surface area (Å²) in [6, 6.07) is 16.1. The van der Waals surface area contributed by atoms with Crippen molar-refractivity contribution in [2.24, 2.45) is 0 Å². The zero-order valence-electron chi connectivity index (χ0n) is 9.84. The average molecular weight is 282 g/mol. The maximum atomic E-state index is 12.3. The Balaban J connectivity index is 2.08. The quantitative estimate of drug-likeness (QED) is 0.829. The van der Waals surface area contributed by atoms with Gasteiger partial charge in [0, 0.05) is 17.4 Å². The van der Waals surface area contributed by atoms with Crippen LogP contribution in [-0.4, -0.2) is 6.66 Å². The summed E-state index contributed by atoms with van der Waals surface area (Å²) in [5.41, 5.74) is 0.761. The zero-order chi connectivity index (χ0) is 13.0. The molecule has 0 fully saturated rings. The van der Waals surface area contributed by atoms with Crippen LogP contribution in [-0.2, 0) is 4.57 Å². The fourth-order valence-corrected chi connectivity index (χ4v) is 2.78. The van der Waals surface area contributed by atoms with Crippen LogP contribution in [0.2, 0.25) is 5.02 Å². The molecule has 1 N–H and O–H groups in total. The molecule has 3 nitrogen and oxygen atoms in total. The van der Waals surface area contributed by atoms with Crippen LogP contribution in [0.5, 0.6) is 5.75 Å². The van der Waals surface area contributed by atoms with E-state index in [0.717, 1.165) is 5.69 Å². The van der Waals surface area contributed by atoms with Gasteiger partial charge >= 0.3 is 7.52 Å². The van der Waals surface area contributed by atoms with Crippen LogP contribution < -0.4 is 9.61 Å². The second-order valence-electron chi connectivity index (χ2n) is 3.87. The standard InChI is InChI=1S/C13H13ClNO2P/c1-18(16,15-12-5-3-2-4-6-12)17-13-9-7-11(14)8-10-13/h2-10H,1H3,(H,15,16). The molecule has 94 valence electrons. The Labute approximate surface area is 111 Å². The topological polar surface area (TPSA) is 38.3 Å². The van der Waals surface area contributed by atoms with E-state index in [1.54, 1.807) is 24.3 Å². The molecular formula is C13H13ClNO2P. The molecule has 0 aliphatic rings. The molecule has 0 heterocycles. The van der Waals surface area contributed by atoms with Crippen molar-refractivity contribution in [2.45, 2.75) is 0 Å². The Hall–Kier alpha value is -1.44. The van der Waals surface area contributed by atoms with Gasteiger partial charge in [0.2, 0.25) is 0 Å². The van der Waals surface area contributed by atoms with Crippen molar-refractivity contribution in [3.05, 3.63) is 59.6 Å². The first-order valence-corrected chi connectivity index (χ1v) is 7.86. The first-order valence-electron chi connectivity index (χ1n) is 5.41. The van der Waals surface area contributed by atoms with E-state index in [2.05, 4.69) is 5.09 Å². The lowest BCUT2D eigenvalue weighted by molar-refractivity contribution is 0.493. The van der Waals surface area contributed by atoms with E-state index >= 15 is 0 Å². The predicted octanol–water partition coefficient (Wildman–Crippen LogP) is 4.65. The van der Waals surface area contributed by atoms with Crippen molar-refractivity contribution in [2.75, 3.05) is 11.8 Å². The van der Waals surface area contributed by atoms with Gasteiger partial charge in [-0.15, -0.1) is 0 Å². The number of halogens is 1. The Morgan fingerprint density at radius 3 is 2.28 bits per heavy atom. The third-order valence-corrected chi connectivity index (χ3v) is 3.67. The highest BCUT2D eigenvalue weighted by molar-refractivity contribution is 7.60. The fourth-order valence-electron chi connectivity index (χ4n) is 1.47. The van der Waals surface area contributed by atoms with E-state index in [4.69, 9.17) is 16.1 Å². The molecule has 1 atom stereocenters. The summed E-state index contributed by atoms with van der Waals surface area (Å²) in [6.45, 7) is 1.54. The molecule has 0 spiro atoms. The zero-order valence-corrected chi connectivity index (χ0v) is 11.5. The summed E-state index contributed by atoms with van der Waals surface area (Å²) in [5.74, 6) is 0.522. The second kappa shape index (κ2) is 5.47. The number of anilines is 1. The summed E-state index contributed by atoms with van der Waals surface area (Å²) in [7, 11) is -2.94. The van der Waals surface area contributed by atoms with Crippen molar-refractivity contribution in [3.8, 4) is 5.75 Å². The Kier molecular flexibility index (Phi) is 3.95. The molecule has 0 radical (unpaired) electrons. The van der Waals surface area contributed by atoms with Crippen LogP contribution >= 0.6 is 19.1 Å². The van der Waals surface area contributed by atoms with E-state index in [9.17, 15) is 4.57 Å². The van der Waals surface area contributed by atoms with Crippen LogP contribution in [0.15, 0.2) is 54.6 Å². The van der Waals surface area contributed by atoms with Gasteiger partial charge in [-0.05, 0) is 36.4 Å². The number of nitrogens with one attached hydrogen (secondary N) is 1. The Morgan fingerprint density at radius 1 is 1.06 bits per heavy atom. The highest BCUT2D eigenvalue weighted by Crippen LogP contribution is 2.43. The third-order valence-electron chi connectivity index (χ3n) is 2.20. The van der Waals surface area contributed by atoms with E-state index in [-0.39, 0.29) is 0 Å². The highest BCUT2D eigenvalue weighted by Gasteiger charge is 2.16. The molecule has 0 amide bonds. The van der Waals surface area contributed by atoms with Gasteiger partial charge in [-0.2, -0.15) is 0 Å². The summed E-state index contributed by atoms with van der Waals surface area (Å²) >= 11 is 5.77. The molecule has 2 aromatic rings. The van der Waals surface area contributed by atoms with Gasteiger partial charge in [0.05, 0.1) is 0 Å². The number of rotatable bonds is 4. The van der Waals surface area contributed by atoms with Gasteiger partial charge < -0.3 is 9.61 Å². The Bertz CT molecular complexity index is 557. The smallest absolute Gasteiger partial charge is 0.338 e. The minimum atomic E-state index is -2.94. The SMILES string of the molecule is CP(=O)(Nc1ccccc1)Oc1ccc(Cl)cc1. The van der Waals surface area contributed by atoms with Crippen LogP contribution in [0.1, 0.15) is 0 Å². The van der Waals surface area contributed by atoms with E-state index in [0.29, 0.717) is 10.8 Å². The lowest BCUT2D eigenvalue weighted by atomic mass is 10.3. The van der Waals surface area contributed by atoms with Crippen LogP contribution in [0.25, 0.3) is 0 Å². The van der Waals surface area contributed by atoms with E-state index in [1.165, 1.54) is 6.66 Å². The summed E-state index contributed by atoms with van der Waals surface area (Å²) in [4.78, 5) is 0. The molecule has 0 saturated carbocycles. The van der Waals surface area contributed by atoms with Crippen molar-refractivity contribution in [1.29, 1.82) is 0 Å². The molecule has 0 aliphatic carbocycles. The van der Waals surface area contributed by atoms with Gasteiger partial charge in [0.15, 0.2) is 0 Å². The first kappa shape index (κ1) is 13.0. The largest absolute Gasteiger partial charge is 0.429 e.